The molecule has 0 saturated carbocycles. The summed E-state index contributed by atoms with van der Waals surface area (Å²) in [6, 6.07) is 23.9. The molecule has 162 valence electrons. The van der Waals surface area contributed by atoms with Crippen LogP contribution in [0.2, 0.25) is 0 Å². The van der Waals surface area contributed by atoms with Crippen molar-refractivity contribution in [3.8, 4) is 11.1 Å². The van der Waals surface area contributed by atoms with E-state index in [4.69, 9.17) is 0 Å². The first-order valence-electron chi connectivity index (χ1n) is 9.99. The van der Waals surface area contributed by atoms with Crippen molar-refractivity contribution >= 4 is 27.5 Å². The predicted octanol–water partition coefficient (Wildman–Crippen LogP) is 3.67. The van der Waals surface area contributed by atoms with E-state index in [1.165, 1.54) is 6.33 Å². The second-order valence-electron chi connectivity index (χ2n) is 6.84. The zero-order valence-electron chi connectivity index (χ0n) is 17.1. The van der Waals surface area contributed by atoms with Crippen molar-refractivity contribution in [3.05, 3.63) is 91.4 Å². The Kier molecular flexibility index (Phi) is 6.69. The number of nitrogens with one attached hydrogen (secondary N) is 3. The smallest absolute Gasteiger partial charge is 0.240 e. The van der Waals surface area contributed by atoms with Crippen molar-refractivity contribution in [1.29, 1.82) is 0 Å². The first-order valence-corrected chi connectivity index (χ1v) is 11.5. The third kappa shape index (κ3) is 5.65. The minimum atomic E-state index is -3.61. The minimum Gasteiger partial charge on any atom is -0.369 e. The monoisotopic (exact) mass is 446 g/mol. The van der Waals surface area contributed by atoms with E-state index in [1.54, 1.807) is 36.5 Å². The molecule has 0 fully saturated rings. The number of sulfonamides is 1. The highest BCUT2D eigenvalue weighted by Crippen LogP contribution is 2.21. The lowest BCUT2D eigenvalue weighted by molar-refractivity contribution is 0.583. The van der Waals surface area contributed by atoms with Crippen LogP contribution in [0.5, 0.6) is 0 Å². The van der Waals surface area contributed by atoms with Crippen LogP contribution in [0.4, 0.5) is 17.5 Å². The van der Waals surface area contributed by atoms with Gasteiger partial charge >= 0.3 is 0 Å². The van der Waals surface area contributed by atoms with Gasteiger partial charge in [-0.15, -0.1) is 0 Å². The van der Waals surface area contributed by atoms with Crippen LogP contribution in [0.15, 0.2) is 96.3 Å². The van der Waals surface area contributed by atoms with E-state index in [0.29, 0.717) is 24.0 Å². The van der Waals surface area contributed by atoms with E-state index >= 15 is 0 Å². The molecule has 4 rings (SSSR count). The number of rotatable bonds is 9. The van der Waals surface area contributed by atoms with Gasteiger partial charge in [-0.1, -0.05) is 48.5 Å². The molecule has 0 aliphatic rings. The van der Waals surface area contributed by atoms with E-state index in [0.717, 1.165) is 11.1 Å². The third-order valence-electron chi connectivity index (χ3n) is 4.58. The van der Waals surface area contributed by atoms with Crippen LogP contribution in [-0.4, -0.2) is 36.5 Å². The van der Waals surface area contributed by atoms with Crippen LogP contribution < -0.4 is 15.4 Å². The molecule has 0 saturated heterocycles. The standard InChI is InChI=1S/C23H22N6O2S/c30-32(31,20-11-9-19(10-12-20)18-6-2-1-3-7-18)28-15-14-25-22-16-23(27-17-26-22)29-21-8-4-5-13-24-21/h1-13,16-17,28H,14-15H2,(H2,24,25,26,27,29). The second-order valence-corrected chi connectivity index (χ2v) is 8.61. The molecule has 0 unspecified atom stereocenters. The lowest BCUT2D eigenvalue weighted by Crippen LogP contribution is -2.29. The number of aromatic nitrogens is 3. The SMILES string of the molecule is O=S(=O)(NCCNc1cc(Nc2ccccn2)ncn1)c1ccc(-c2ccccc2)cc1. The number of pyridine rings is 1. The minimum absolute atomic E-state index is 0.204. The highest BCUT2D eigenvalue weighted by Gasteiger charge is 2.13. The fraction of sp³-hybridized carbons (Fsp3) is 0.0870. The van der Waals surface area contributed by atoms with Gasteiger partial charge in [0.05, 0.1) is 4.90 Å². The van der Waals surface area contributed by atoms with Crippen LogP contribution in [0.25, 0.3) is 11.1 Å². The molecule has 2 heterocycles. The van der Waals surface area contributed by atoms with Gasteiger partial charge in [-0.25, -0.2) is 28.1 Å². The summed E-state index contributed by atoms with van der Waals surface area (Å²) in [7, 11) is -3.61. The van der Waals surface area contributed by atoms with Gasteiger partial charge in [-0.2, -0.15) is 0 Å². The zero-order valence-corrected chi connectivity index (χ0v) is 18.0. The summed E-state index contributed by atoms with van der Waals surface area (Å²) in [4.78, 5) is 12.7. The van der Waals surface area contributed by atoms with Gasteiger partial charge in [-0.3, -0.25) is 0 Å². The molecule has 0 spiro atoms. The van der Waals surface area contributed by atoms with Crippen LogP contribution in [-0.2, 0) is 10.0 Å². The molecule has 2 aromatic carbocycles. The van der Waals surface area contributed by atoms with Gasteiger partial charge in [0, 0.05) is 25.4 Å². The van der Waals surface area contributed by atoms with Crippen molar-refractivity contribution in [2.45, 2.75) is 4.90 Å². The molecule has 8 nitrogen and oxygen atoms in total. The predicted molar refractivity (Wildman–Crippen MR) is 125 cm³/mol. The highest BCUT2D eigenvalue weighted by molar-refractivity contribution is 7.89. The summed E-state index contributed by atoms with van der Waals surface area (Å²) in [5.74, 6) is 1.83. The van der Waals surface area contributed by atoms with Crippen LogP contribution in [0.1, 0.15) is 0 Å². The van der Waals surface area contributed by atoms with Crippen LogP contribution in [0.3, 0.4) is 0 Å². The topological polar surface area (TPSA) is 109 Å². The maximum atomic E-state index is 12.6. The van der Waals surface area contributed by atoms with Crippen LogP contribution >= 0.6 is 0 Å². The fourth-order valence-electron chi connectivity index (χ4n) is 3.01. The summed E-state index contributed by atoms with van der Waals surface area (Å²) < 4.78 is 27.7. The largest absolute Gasteiger partial charge is 0.369 e. The molecule has 32 heavy (non-hydrogen) atoms. The number of nitrogens with zero attached hydrogens (tertiary/aromatic N) is 3. The average Bonchev–Trinajstić information content (AvgIpc) is 2.83. The Morgan fingerprint density at radius 3 is 2.16 bits per heavy atom. The lowest BCUT2D eigenvalue weighted by atomic mass is 10.1. The summed E-state index contributed by atoms with van der Waals surface area (Å²) in [6.07, 6.45) is 3.11. The van der Waals surface area contributed by atoms with E-state index in [1.807, 2.05) is 48.5 Å². The first-order chi connectivity index (χ1) is 15.6. The Bertz CT molecular complexity index is 1250. The number of hydrogen-bond donors (Lipinski definition) is 3. The van der Waals surface area contributed by atoms with Gasteiger partial charge in [0.25, 0.3) is 0 Å². The quantitative estimate of drug-likeness (QED) is 0.337. The van der Waals surface area contributed by atoms with Gasteiger partial charge in [0.2, 0.25) is 10.0 Å². The maximum Gasteiger partial charge on any atom is 0.240 e. The molecule has 9 heteroatoms. The maximum absolute atomic E-state index is 12.6. The second kappa shape index (κ2) is 9.99. The van der Waals surface area contributed by atoms with Crippen molar-refractivity contribution in [2.24, 2.45) is 0 Å². The third-order valence-corrected chi connectivity index (χ3v) is 6.06. The van der Waals surface area contributed by atoms with Crippen molar-refractivity contribution in [2.75, 3.05) is 23.7 Å². The Labute approximate surface area is 186 Å². The van der Waals surface area contributed by atoms with Crippen molar-refractivity contribution in [1.82, 2.24) is 19.7 Å². The summed E-state index contributed by atoms with van der Waals surface area (Å²) in [5.41, 5.74) is 2.00. The van der Waals surface area contributed by atoms with E-state index in [-0.39, 0.29) is 11.4 Å². The molecule has 0 amide bonds. The average molecular weight is 447 g/mol. The first kappa shape index (κ1) is 21.4. The highest BCUT2D eigenvalue weighted by atomic mass is 32.2. The summed E-state index contributed by atoms with van der Waals surface area (Å²) >= 11 is 0. The fourth-order valence-corrected chi connectivity index (χ4v) is 4.04. The van der Waals surface area contributed by atoms with Gasteiger partial charge in [0.15, 0.2) is 0 Å². The van der Waals surface area contributed by atoms with E-state index in [2.05, 4.69) is 30.3 Å². The Balaban J connectivity index is 1.30. The molecule has 0 bridgehead atoms. The Hall–Kier alpha value is -3.82. The van der Waals surface area contributed by atoms with Gasteiger partial charge in [-0.05, 0) is 35.4 Å². The van der Waals surface area contributed by atoms with E-state index < -0.39 is 10.0 Å². The van der Waals surface area contributed by atoms with E-state index in [9.17, 15) is 8.42 Å². The Morgan fingerprint density at radius 1 is 0.688 bits per heavy atom. The van der Waals surface area contributed by atoms with Gasteiger partial charge in [0.1, 0.15) is 23.8 Å². The lowest BCUT2D eigenvalue weighted by Gasteiger charge is -2.10. The summed E-state index contributed by atoms with van der Waals surface area (Å²) in [5, 5.41) is 6.17. The molecular formula is C23H22N6O2S. The van der Waals surface area contributed by atoms with Gasteiger partial charge < -0.3 is 10.6 Å². The molecule has 3 N–H and O–H groups in total. The molecule has 0 aliphatic carbocycles. The van der Waals surface area contributed by atoms with Crippen molar-refractivity contribution in [3.63, 3.8) is 0 Å². The van der Waals surface area contributed by atoms with Crippen molar-refractivity contribution < 1.29 is 8.42 Å². The summed E-state index contributed by atoms with van der Waals surface area (Å²) in [6.45, 7) is 0.567. The van der Waals surface area contributed by atoms with Crippen LogP contribution in [0, 0.1) is 0 Å². The number of benzene rings is 2. The molecule has 0 aliphatic heterocycles. The molecule has 0 atom stereocenters. The molecule has 2 aromatic heterocycles. The number of anilines is 3. The normalized spacial score (nSPS) is 11.1. The number of hydrogen-bond acceptors (Lipinski definition) is 7. The molecule has 4 aromatic rings. The Morgan fingerprint density at radius 2 is 1.41 bits per heavy atom. The molecule has 0 radical (unpaired) electrons. The molecular weight excluding hydrogens is 424 g/mol. The zero-order chi connectivity index (χ0) is 22.2.